The van der Waals surface area contributed by atoms with Crippen LogP contribution in [0.5, 0.6) is 0 Å². The number of halogens is 4. The average Bonchev–Trinajstić information content (AvgIpc) is 3.35. The smallest absolute Gasteiger partial charge is 0.396 e. The van der Waals surface area contributed by atoms with Gasteiger partial charge in [-0.25, -0.2) is 9.18 Å². The molecule has 7 nitrogen and oxygen atoms in total. The number of H-pyrrole nitrogens is 1. The maximum Gasteiger partial charge on any atom is 0.403 e. The van der Waals surface area contributed by atoms with Gasteiger partial charge >= 0.3 is 11.9 Å². The van der Waals surface area contributed by atoms with Crippen molar-refractivity contribution < 1.29 is 17.6 Å². The van der Waals surface area contributed by atoms with Crippen LogP contribution in [0.2, 0.25) is 0 Å². The topological polar surface area (TPSA) is 110 Å². The van der Waals surface area contributed by atoms with E-state index in [0.717, 1.165) is 12.8 Å². The molecule has 1 aromatic heterocycles. The minimum Gasteiger partial charge on any atom is -0.396 e. The van der Waals surface area contributed by atoms with Crippen LogP contribution in [0.15, 0.2) is 9.59 Å². The first-order chi connectivity index (χ1) is 13.5. The number of hydrogen-bond donors (Lipinski definition) is 3. The fourth-order valence-corrected chi connectivity index (χ4v) is 4.29. The average molecular weight is 415 g/mol. The number of hydrogen-bond acceptors (Lipinski definition) is 5. The molecule has 1 aliphatic carbocycles. The predicted molar refractivity (Wildman–Crippen MR) is 101 cm³/mol. The van der Waals surface area contributed by atoms with Crippen molar-refractivity contribution in [1.82, 2.24) is 9.55 Å². The number of alkyl halides is 3. The van der Waals surface area contributed by atoms with Crippen molar-refractivity contribution in [2.75, 3.05) is 23.7 Å². The van der Waals surface area contributed by atoms with E-state index in [9.17, 15) is 22.8 Å². The van der Waals surface area contributed by atoms with Crippen molar-refractivity contribution in [2.24, 2.45) is 11.7 Å². The quantitative estimate of drug-likeness (QED) is 0.523. The Bertz CT molecular complexity index is 1100. The summed E-state index contributed by atoms with van der Waals surface area (Å²) in [6.45, 7) is 1.61. The van der Waals surface area contributed by atoms with Gasteiger partial charge in [0.25, 0.3) is 5.56 Å². The Morgan fingerprint density at radius 3 is 2.45 bits per heavy atom. The number of benzene rings is 1. The molecule has 0 amide bonds. The minimum absolute atomic E-state index is 0.0197. The fraction of sp³-hybridized carbons (Fsp3) is 0.556. The maximum atomic E-state index is 15.2. The molecule has 0 bridgehead atoms. The van der Waals surface area contributed by atoms with Crippen molar-refractivity contribution in [3.8, 4) is 0 Å². The highest BCUT2D eigenvalue weighted by molar-refractivity contribution is 5.97. The number of nitrogens with zero attached hydrogens (tertiary/aromatic N) is 2. The van der Waals surface area contributed by atoms with Crippen LogP contribution in [0.1, 0.15) is 30.9 Å². The Morgan fingerprint density at radius 2 is 1.86 bits per heavy atom. The van der Waals surface area contributed by atoms with E-state index in [1.165, 1.54) is 9.47 Å². The van der Waals surface area contributed by atoms with Gasteiger partial charge in [0.1, 0.15) is 6.04 Å². The first-order valence-electron chi connectivity index (χ1n) is 9.35. The van der Waals surface area contributed by atoms with Crippen LogP contribution in [0, 0.1) is 18.7 Å². The highest BCUT2D eigenvalue weighted by Crippen LogP contribution is 2.42. The summed E-state index contributed by atoms with van der Waals surface area (Å²) in [5.74, 6) is -1.77. The van der Waals surface area contributed by atoms with E-state index in [0.29, 0.717) is 5.56 Å². The van der Waals surface area contributed by atoms with E-state index in [2.05, 4.69) is 4.98 Å². The number of aryl methyl sites for hydroxylation is 1. The molecule has 0 spiro atoms. The third-order valence-corrected chi connectivity index (χ3v) is 5.91. The van der Waals surface area contributed by atoms with Crippen molar-refractivity contribution in [3.05, 3.63) is 32.2 Å². The molecule has 29 heavy (non-hydrogen) atoms. The third kappa shape index (κ3) is 3.07. The summed E-state index contributed by atoms with van der Waals surface area (Å²) in [6.07, 6.45) is -2.93. The van der Waals surface area contributed by atoms with Crippen LogP contribution in [-0.4, -0.2) is 34.9 Å². The number of aromatic nitrogens is 2. The van der Waals surface area contributed by atoms with E-state index in [1.54, 1.807) is 6.92 Å². The summed E-state index contributed by atoms with van der Waals surface area (Å²) in [7, 11) is 0. The molecule has 1 saturated heterocycles. The Kier molecular flexibility index (Phi) is 4.41. The number of fused-ring (bicyclic) bond motifs is 1. The summed E-state index contributed by atoms with van der Waals surface area (Å²) < 4.78 is 55.5. The molecule has 158 valence electrons. The zero-order valence-corrected chi connectivity index (χ0v) is 15.6. The molecule has 1 aromatic carbocycles. The molecule has 0 radical (unpaired) electrons. The monoisotopic (exact) mass is 415 g/mol. The molecule has 2 aromatic rings. The first kappa shape index (κ1) is 19.7. The van der Waals surface area contributed by atoms with Gasteiger partial charge in [-0.2, -0.15) is 13.2 Å². The van der Waals surface area contributed by atoms with E-state index in [4.69, 9.17) is 11.5 Å². The summed E-state index contributed by atoms with van der Waals surface area (Å²) in [4.78, 5) is 28.4. The zero-order chi connectivity index (χ0) is 21.2. The van der Waals surface area contributed by atoms with E-state index >= 15 is 4.39 Å². The second-order valence-corrected chi connectivity index (χ2v) is 7.85. The molecule has 4 rings (SSSR count). The Balaban J connectivity index is 1.88. The summed E-state index contributed by atoms with van der Waals surface area (Å²) in [6, 6.07) is -2.13. The molecule has 2 aliphatic rings. The lowest BCUT2D eigenvalue weighted by Gasteiger charge is -2.26. The van der Waals surface area contributed by atoms with Crippen LogP contribution < -0.4 is 27.6 Å². The van der Waals surface area contributed by atoms with Gasteiger partial charge in [-0.05, 0) is 26.2 Å². The standard InChI is InChI=1S/C18H21F4N5O2/c1-7-13-10(16(28)25-17(29)27(13)9-2-3-9)12(23)11(19)14(7)26-5-4-8(6-26)15(24)18(20,21)22/h8-9,15H,2-6,23-24H2,1H3,(H,25,28,29). The van der Waals surface area contributed by atoms with E-state index in [1.807, 2.05) is 0 Å². The van der Waals surface area contributed by atoms with Crippen LogP contribution >= 0.6 is 0 Å². The van der Waals surface area contributed by atoms with Gasteiger partial charge in [-0.3, -0.25) is 14.3 Å². The highest BCUT2D eigenvalue weighted by Gasteiger charge is 2.45. The van der Waals surface area contributed by atoms with Crippen LogP contribution in [0.25, 0.3) is 10.9 Å². The van der Waals surface area contributed by atoms with Crippen molar-refractivity contribution in [2.45, 2.75) is 44.4 Å². The van der Waals surface area contributed by atoms with E-state index in [-0.39, 0.29) is 42.1 Å². The molecular weight excluding hydrogens is 394 g/mol. The Hall–Kier alpha value is -2.56. The summed E-state index contributed by atoms with van der Waals surface area (Å²) >= 11 is 0. The fourth-order valence-electron chi connectivity index (χ4n) is 4.29. The molecule has 2 fully saturated rings. The van der Waals surface area contributed by atoms with Crippen LogP contribution in [0.3, 0.4) is 0 Å². The van der Waals surface area contributed by atoms with Crippen molar-refractivity contribution in [1.29, 1.82) is 0 Å². The lowest BCUT2D eigenvalue weighted by molar-refractivity contribution is -0.157. The van der Waals surface area contributed by atoms with Gasteiger partial charge in [0, 0.05) is 30.6 Å². The molecule has 2 atom stereocenters. The van der Waals surface area contributed by atoms with Gasteiger partial charge in [0.05, 0.1) is 22.3 Å². The molecular formula is C18H21F4N5O2. The van der Waals surface area contributed by atoms with Crippen molar-refractivity contribution >= 4 is 22.3 Å². The Labute approximate surface area is 162 Å². The number of nitrogen functional groups attached to an aromatic ring is 1. The third-order valence-electron chi connectivity index (χ3n) is 5.91. The minimum atomic E-state index is -4.55. The summed E-state index contributed by atoms with van der Waals surface area (Å²) in [5, 5.41) is -0.113. The number of anilines is 2. The molecule has 1 aliphatic heterocycles. The lowest BCUT2D eigenvalue weighted by atomic mass is 9.99. The SMILES string of the molecule is Cc1c(N2CCC(C(N)C(F)(F)F)C2)c(F)c(N)c2c(=O)[nH]c(=O)n(C3CC3)c12. The molecule has 2 heterocycles. The molecule has 2 unspecified atom stereocenters. The summed E-state index contributed by atoms with van der Waals surface area (Å²) in [5.41, 5.74) is 10.0. The number of nitrogens with two attached hydrogens (primary N) is 2. The second kappa shape index (κ2) is 6.48. The predicted octanol–water partition coefficient (Wildman–Crippen LogP) is 1.77. The number of rotatable bonds is 3. The van der Waals surface area contributed by atoms with Crippen LogP contribution in [0.4, 0.5) is 28.9 Å². The highest BCUT2D eigenvalue weighted by atomic mass is 19.4. The maximum absolute atomic E-state index is 15.2. The molecule has 5 N–H and O–H groups in total. The van der Waals surface area contributed by atoms with Gasteiger partial charge in [-0.1, -0.05) is 0 Å². The number of nitrogens with one attached hydrogen (secondary N) is 1. The lowest BCUT2D eigenvalue weighted by Crippen LogP contribution is -2.44. The zero-order valence-electron chi connectivity index (χ0n) is 15.6. The van der Waals surface area contributed by atoms with Gasteiger partial charge in [0.15, 0.2) is 5.82 Å². The van der Waals surface area contributed by atoms with Gasteiger partial charge in [-0.15, -0.1) is 0 Å². The van der Waals surface area contributed by atoms with E-state index < -0.39 is 40.9 Å². The first-order valence-corrected chi connectivity index (χ1v) is 9.35. The van der Waals surface area contributed by atoms with Gasteiger partial charge < -0.3 is 16.4 Å². The normalized spacial score (nSPS) is 21.2. The van der Waals surface area contributed by atoms with Crippen LogP contribution in [-0.2, 0) is 0 Å². The van der Waals surface area contributed by atoms with Gasteiger partial charge in [0.2, 0.25) is 0 Å². The largest absolute Gasteiger partial charge is 0.403 e. The molecule has 1 saturated carbocycles. The van der Waals surface area contributed by atoms with Crippen molar-refractivity contribution in [3.63, 3.8) is 0 Å². The molecule has 11 heteroatoms. The Morgan fingerprint density at radius 1 is 1.21 bits per heavy atom. The second-order valence-electron chi connectivity index (χ2n) is 7.85. The number of aromatic amines is 1.